The maximum absolute atomic E-state index is 12.0. The fourth-order valence-corrected chi connectivity index (χ4v) is 2.19. The molecule has 0 atom stereocenters. The van der Waals surface area contributed by atoms with E-state index < -0.39 is 0 Å². The van der Waals surface area contributed by atoms with Crippen LogP contribution >= 0.6 is 22.6 Å². The van der Waals surface area contributed by atoms with Gasteiger partial charge in [-0.05, 0) is 90.4 Å². The van der Waals surface area contributed by atoms with Gasteiger partial charge in [0.05, 0.1) is 5.71 Å². The molecule has 0 aliphatic rings. The molecule has 3 nitrogen and oxygen atoms in total. The first-order chi connectivity index (χ1) is 9.97. The smallest absolute Gasteiger partial charge is 0.267 e. The van der Waals surface area contributed by atoms with E-state index in [0.717, 1.165) is 14.8 Å². The van der Waals surface area contributed by atoms with Gasteiger partial charge < -0.3 is 0 Å². The summed E-state index contributed by atoms with van der Waals surface area (Å²) in [7, 11) is 0. The van der Waals surface area contributed by atoms with E-state index in [2.05, 4.69) is 59.1 Å². The zero-order chi connectivity index (χ0) is 15.4. The molecule has 0 aliphatic carbocycles. The molecule has 0 aromatic heterocycles. The van der Waals surface area contributed by atoms with E-state index in [0.29, 0.717) is 5.56 Å². The highest BCUT2D eigenvalue weighted by Crippen LogP contribution is 2.11. The van der Waals surface area contributed by atoms with Crippen LogP contribution in [0.1, 0.15) is 34.0 Å². The number of hydrazone groups is 1. The molecule has 1 amide bonds. The van der Waals surface area contributed by atoms with Gasteiger partial charge >= 0.3 is 0 Å². The number of halogens is 1. The Hall–Kier alpha value is -1.69. The predicted octanol–water partition coefficient (Wildman–Crippen LogP) is 4.06. The van der Waals surface area contributed by atoms with Crippen LogP contribution in [-0.4, -0.2) is 11.6 Å². The molecule has 2 aromatic carbocycles. The molecule has 0 fully saturated rings. The number of aryl methyl sites for hydroxylation is 2. The highest BCUT2D eigenvalue weighted by atomic mass is 127. The van der Waals surface area contributed by atoms with Crippen LogP contribution in [0.2, 0.25) is 0 Å². The van der Waals surface area contributed by atoms with Crippen molar-refractivity contribution < 1.29 is 4.79 Å². The predicted molar refractivity (Wildman–Crippen MR) is 94.8 cm³/mol. The number of nitrogens with zero attached hydrogens (tertiary/aromatic N) is 1. The summed E-state index contributed by atoms with van der Waals surface area (Å²) >= 11 is 2.21. The quantitative estimate of drug-likeness (QED) is 0.478. The Balaban J connectivity index is 2.10. The Morgan fingerprint density at radius 1 is 1.00 bits per heavy atom. The minimum atomic E-state index is -0.199. The van der Waals surface area contributed by atoms with E-state index in [1.807, 2.05) is 25.1 Å². The van der Waals surface area contributed by atoms with Gasteiger partial charge in [0.2, 0.25) is 0 Å². The van der Waals surface area contributed by atoms with Crippen molar-refractivity contribution in [3.05, 3.63) is 68.3 Å². The summed E-state index contributed by atoms with van der Waals surface area (Å²) in [6.45, 7) is 6.03. The van der Waals surface area contributed by atoms with Crippen molar-refractivity contribution >= 4 is 34.2 Å². The minimum Gasteiger partial charge on any atom is -0.267 e. The fourth-order valence-electron chi connectivity index (χ4n) is 1.83. The van der Waals surface area contributed by atoms with E-state index in [-0.39, 0.29) is 5.91 Å². The van der Waals surface area contributed by atoms with E-state index in [4.69, 9.17) is 0 Å². The van der Waals surface area contributed by atoms with Crippen LogP contribution in [0.3, 0.4) is 0 Å². The van der Waals surface area contributed by atoms with Gasteiger partial charge in [0.25, 0.3) is 5.91 Å². The van der Waals surface area contributed by atoms with Gasteiger partial charge in [-0.15, -0.1) is 0 Å². The maximum Gasteiger partial charge on any atom is 0.271 e. The van der Waals surface area contributed by atoms with Crippen LogP contribution in [0, 0.1) is 17.4 Å². The zero-order valence-corrected chi connectivity index (χ0v) is 14.4. The monoisotopic (exact) mass is 392 g/mol. The fraction of sp³-hybridized carbons (Fsp3) is 0.176. The average Bonchev–Trinajstić information content (AvgIpc) is 2.48. The van der Waals surface area contributed by atoms with Crippen molar-refractivity contribution in [3.63, 3.8) is 0 Å². The zero-order valence-electron chi connectivity index (χ0n) is 12.3. The number of carbonyl (C=O) groups excluding carboxylic acids is 1. The molecule has 0 heterocycles. The Morgan fingerprint density at radius 2 is 1.62 bits per heavy atom. The van der Waals surface area contributed by atoms with Gasteiger partial charge in [0.1, 0.15) is 0 Å². The first-order valence-corrected chi connectivity index (χ1v) is 7.73. The average molecular weight is 392 g/mol. The molecular formula is C17H17IN2O. The molecule has 0 radical (unpaired) electrons. The molecule has 21 heavy (non-hydrogen) atoms. The Bertz CT molecular complexity index is 690. The highest BCUT2D eigenvalue weighted by Gasteiger charge is 2.05. The SMILES string of the molecule is C/C(=N/NC(=O)c1ccc(I)cc1)c1ccc(C)c(C)c1. The van der Waals surface area contributed by atoms with Crippen molar-refractivity contribution in [2.75, 3.05) is 0 Å². The largest absolute Gasteiger partial charge is 0.271 e. The van der Waals surface area contributed by atoms with Crippen LogP contribution in [0.15, 0.2) is 47.6 Å². The van der Waals surface area contributed by atoms with Crippen molar-refractivity contribution in [1.29, 1.82) is 0 Å². The molecular weight excluding hydrogens is 375 g/mol. The topological polar surface area (TPSA) is 41.5 Å². The first kappa shape index (κ1) is 15.7. The summed E-state index contributed by atoms with van der Waals surface area (Å²) in [5.74, 6) is -0.199. The normalized spacial score (nSPS) is 11.3. The number of nitrogens with one attached hydrogen (secondary N) is 1. The molecule has 0 unspecified atom stereocenters. The Morgan fingerprint density at radius 3 is 2.24 bits per heavy atom. The van der Waals surface area contributed by atoms with E-state index in [1.165, 1.54) is 11.1 Å². The third-order valence-electron chi connectivity index (χ3n) is 3.36. The van der Waals surface area contributed by atoms with Gasteiger partial charge in [-0.1, -0.05) is 12.1 Å². The minimum absolute atomic E-state index is 0.199. The van der Waals surface area contributed by atoms with Gasteiger partial charge in [-0.3, -0.25) is 4.79 Å². The first-order valence-electron chi connectivity index (χ1n) is 6.65. The van der Waals surface area contributed by atoms with E-state index in [1.54, 1.807) is 12.1 Å². The summed E-state index contributed by atoms with van der Waals surface area (Å²) in [6, 6.07) is 13.5. The lowest BCUT2D eigenvalue weighted by atomic mass is 10.0. The second kappa shape index (κ2) is 6.85. The van der Waals surface area contributed by atoms with Crippen molar-refractivity contribution in [1.82, 2.24) is 5.43 Å². The molecule has 108 valence electrons. The van der Waals surface area contributed by atoms with Crippen molar-refractivity contribution in [2.45, 2.75) is 20.8 Å². The third-order valence-corrected chi connectivity index (χ3v) is 4.08. The molecule has 0 spiro atoms. The van der Waals surface area contributed by atoms with E-state index >= 15 is 0 Å². The second-order valence-electron chi connectivity index (χ2n) is 4.94. The van der Waals surface area contributed by atoms with Crippen LogP contribution in [0.4, 0.5) is 0 Å². The molecule has 0 saturated carbocycles. The molecule has 2 rings (SSSR count). The molecule has 2 aromatic rings. The van der Waals surface area contributed by atoms with E-state index in [9.17, 15) is 4.79 Å². The molecule has 0 aliphatic heterocycles. The summed E-state index contributed by atoms with van der Waals surface area (Å²) in [6.07, 6.45) is 0. The summed E-state index contributed by atoms with van der Waals surface area (Å²) in [4.78, 5) is 12.0. The van der Waals surface area contributed by atoms with Gasteiger partial charge in [0, 0.05) is 9.13 Å². The summed E-state index contributed by atoms with van der Waals surface area (Å²) in [5.41, 5.74) is 7.46. The molecule has 1 N–H and O–H groups in total. The number of amides is 1. The highest BCUT2D eigenvalue weighted by molar-refractivity contribution is 14.1. The van der Waals surface area contributed by atoms with Gasteiger partial charge in [-0.2, -0.15) is 5.10 Å². The maximum atomic E-state index is 12.0. The number of carbonyl (C=O) groups is 1. The number of benzene rings is 2. The Labute approximate surface area is 138 Å². The second-order valence-corrected chi connectivity index (χ2v) is 6.19. The van der Waals surface area contributed by atoms with Crippen LogP contribution < -0.4 is 5.43 Å². The molecule has 0 bridgehead atoms. The lowest BCUT2D eigenvalue weighted by Gasteiger charge is -2.06. The van der Waals surface area contributed by atoms with Crippen LogP contribution in [-0.2, 0) is 0 Å². The van der Waals surface area contributed by atoms with Crippen LogP contribution in [0.25, 0.3) is 0 Å². The lowest BCUT2D eigenvalue weighted by Crippen LogP contribution is -2.19. The van der Waals surface area contributed by atoms with Crippen molar-refractivity contribution in [3.8, 4) is 0 Å². The van der Waals surface area contributed by atoms with Gasteiger partial charge in [0.15, 0.2) is 0 Å². The molecule has 0 saturated heterocycles. The van der Waals surface area contributed by atoms with Crippen LogP contribution in [0.5, 0.6) is 0 Å². The summed E-state index contributed by atoms with van der Waals surface area (Å²) in [5, 5.41) is 4.18. The number of hydrogen-bond acceptors (Lipinski definition) is 2. The lowest BCUT2D eigenvalue weighted by molar-refractivity contribution is 0.0955. The van der Waals surface area contributed by atoms with Gasteiger partial charge in [-0.25, -0.2) is 5.43 Å². The molecule has 4 heteroatoms. The Kier molecular flexibility index (Phi) is 5.12. The number of hydrogen-bond donors (Lipinski definition) is 1. The van der Waals surface area contributed by atoms with Crippen molar-refractivity contribution in [2.24, 2.45) is 5.10 Å². The third kappa shape index (κ3) is 4.14. The number of rotatable bonds is 3. The standard InChI is InChI=1S/C17H17IN2O/c1-11-4-5-15(10-12(11)2)13(3)19-20-17(21)14-6-8-16(18)9-7-14/h4-10H,1-3H3,(H,20,21)/b19-13-. The summed E-state index contributed by atoms with van der Waals surface area (Å²) < 4.78 is 1.10.